The first-order valence-electron chi connectivity index (χ1n) is 8.92. The van der Waals surface area contributed by atoms with E-state index in [9.17, 15) is 9.18 Å². The molecule has 0 aromatic heterocycles. The number of hydrogen-bond acceptors (Lipinski definition) is 2. The zero-order valence-electron chi connectivity index (χ0n) is 13.9. The molecule has 1 aromatic carbocycles. The first kappa shape index (κ1) is 16.4. The van der Waals surface area contributed by atoms with Crippen LogP contribution in [-0.4, -0.2) is 19.0 Å². The number of amides is 1. The molecule has 3 nitrogen and oxygen atoms in total. The Labute approximate surface area is 138 Å². The second-order valence-electron chi connectivity index (χ2n) is 7.10. The predicted octanol–water partition coefficient (Wildman–Crippen LogP) is 3.35. The number of piperidine rings is 1. The number of carbonyl (C=O) groups is 1. The van der Waals surface area contributed by atoms with Gasteiger partial charge in [0, 0.05) is 6.42 Å². The van der Waals surface area contributed by atoms with E-state index < -0.39 is 0 Å². The van der Waals surface area contributed by atoms with Crippen molar-refractivity contribution in [2.24, 2.45) is 11.8 Å². The van der Waals surface area contributed by atoms with Crippen molar-refractivity contribution < 1.29 is 9.18 Å². The summed E-state index contributed by atoms with van der Waals surface area (Å²) < 4.78 is 14.0. The highest BCUT2D eigenvalue weighted by atomic mass is 19.1. The van der Waals surface area contributed by atoms with Crippen LogP contribution in [0.5, 0.6) is 0 Å². The Bertz CT molecular complexity index is 554. The second-order valence-corrected chi connectivity index (χ2v) is 7.10. The Hall–Kier alpha value is -1.42. The molecule has 2 aliphatic rings. The molecule has 1 fully saturated rings. The van der Waals surface area contributed by atoms with Gasteiger partial charge in [-0.15, -0.1) is 0 Å². The van der Waals surface area contributed by atoms with Crippen LogP contribution in [0, 0.1) is 17.7 Å². The maximum absolute atomic E-state index is 14.0. The smallest absolute Gasteiger partial charge is 0.220 e. The van der Waals surface area contributed by atoms with Crippen LogP contribution in [0.15, 0.2) is 18.2 Å². The van der Waals surface area contributed by atoms with Gasteiger partial charge in [0.05, 0.1) is 6.04 Å². The third kappa shape index (κ3) is 3.92. The zero-order valence-corrected chi connectivity index (χ0v) is 13.9. The highest BCUT2D eigenvalue weighted by molar-refractivity contribution is 5.76. The molecule has 2 unspecified atom stereocenters. The SMILES string of the molecule is CC1CCc2c(F)cccc2C1NC(=O)CCC1CCNCC1. The number of fused-ring (bicyclic) bond motifs is 1. The van der Waals surface area contributed by atoms with Gasteiger partial charge in [-0.05, 0) is 74.2 Å². The lowest BCUT2D eigenvalue weighted by molar-refractivity contribution is -0.122. The summed E-state index contributed by atoms with van der Waals surface area (Å²) in [5.74, 6) is 0.989. The molecule has 23 heavy (non-hydrogen) atoms. The molecule has 0 saturated carbocycles. The fraction of sp³-hybridized carbons (Fsp3) is 0.632. The molecular weight excluding hydrogens is 291 g/mol. The number of nitrogens with one attached hydrogen (secondary N) is 2. The number of halogens is 1. The minimum atomic E-state index is -0.136. The Morgan fingerprint density at radius 1 is 1.30 bits per heavy atom. The molecule has 1 aliphatic carbocycles. The van der Waals surface area contributed by atoms with Gasteiger partial charge in [0.25, 0.3) is 0 Å². The molecule has 1 amide bonds. The summed E-state index contributed by atoms with van der Waals surface area (Å²) in [6.07, 6.45) is 5.57. The van der Waals surface area contributed by atoms with E-state index in [1.807, 2.05) is 6.07 Å². The van der Waals surface area contributed by atoms with Crippen LogP contribution in [0.25, 0.3) is 0 Å². The average molecular weight is 318 g/mol. The minimum Gasteiger partial charge on any atom is -0.349 e. The maximum atomic E-state index is 14.0. The largest absolute Gasteiger partial charge is 0.349 e. The van der Waals surface area contributed by atoms with E-state index in [0.717, 1.165) is 43.5 Å². The van der Waals surface area contributed by atoms with Crippen LogP contribution < -0.4 is 10.6 Å². The third-order valence-corrected chi connectivity index (χ3v) is 5.46. The highest BCUT2D eigenvalue weighted by Gasteiger charge is 2.29. The minimum absolute atomic E-state index is 0.0463. The topological polar surface area (TPSA) is 41.1 Å². The Morgan fingerprint density at radius 3 is 2.87 bits per heavy atom. The monoisotopic (exact) mass is 318 g/mol. The van der Waals surface area contributed by atoms with Crippen LogP contribution in [0.1, 0.15) is 56.2 Å². The summed E-state index contributed by atoms with van der Waals surface area (Å²) in [4.78, 5) is 12.4. The van der Waals surface area contributed by atoms with Gasteiger partial charge in [0.2, 0.25) is 5.91 Å². The molecule has 126 valence electrons. The fourth-order valence-corrected chi connectivity index (χ4v) is 3.95. The maximum Gasteiger partial charge on any atom is 0.220 e. The van der Waals surface area contributed by atoms with E-state index in [0.29, 0.717) is 18.3 Å². The summed E-state index contributed by atoms with van der Waals surface area (Å²) in [6.45, 7) is 4.28. The molecule has 1 aliphatic heterocycles. The van der Waals surface area contributed by atoms with Crippen LogP contribution >= 0.6 is 0 Å². The molecular formula is C19H27FN2O. The number of hydrogen-bond donors (Lipinski definition) is 2. The van der Waals surface area contributed by atoms with Gasteiger partial charge in [-0.2, -0.15) is 0 Å². The number of carbonyl (C=O) groups excluding carboxylic acids is 1. The molecule has 2 N–H and O–H groups in total. The number of benzene rings is 1. The second kappa shape index (κ2) is 7.43. The Kier molecular flexibility index (Phi) is 5.31. The van der Waals surface area contributed by atoms with E-state index in [-0.39, 0.29) is 17.8 Å². The number of rotatable bonds is 4. The lowest BCUT2D eigenvalue weighted by atomic mass is 9.80. The van der Waals surface area contributed by atoms with E-state index >= 15 is 0 Å². The summed E-state index contributed by atoms with van der Waals surface area (Å²) in [5.41, 5.74) is 1.76. The van der Waals surface area contributed by atoms with Crippen molar-refractivity contribution in [2.75, 3.05) is 13.1 Å². The van der Waals surface area contributed by atoms with Crippen LogP contribution in [0.2, 0.25) is 0 Å². The predicted molar refractivity (Wildman–Crippen MR) is 89.6 cm³/mol. The third-order valence-electron chi connectivity index (χ3n) is 5.46. The van der Waals surface area contributed by atoms with Gasteiger partial charge in [-0.1, -0.05) is 19.1 Å². The van der Waals surface area contributed by atoms with Gasteiger partial charge < -0.3 is 10.6 Å². The van der Waals surface area contributed by atoms with Crippen molar-refractivity contribution in [3.63, 3.8) is 0 Å². The van der Waals surface area contributed by atoms with Crippen molar-refractivity contribution >= 4 is 5.91 Å². The molecule has 0 radical (unpaired) electrons. The molecule has 1 heterocycles. The van der Waals surface area contributed by atoms with Gasteiger partial charge in [0.15, 0.2) is 0 Å². The summed E-state index contributed by atoms with van der Waals surface area (Å²) >= 11 is 0. The van der Waals surface area contributed by atoms with Crippen molar-refractivity contribution in [1.29, 1.82) is 0 Å². The van der Waals surface area contributed by atoms with Crippen molar-refractivity contribution in [1.82, 2.24) is 10.6 Å². The van der Waals surface area contributed by atoms with Gasteiger partial charge in [0.1, 0.15) is 5.82 Å². The summed E-state index contributed by atoms with van der Waals surface area (Å²) in [7, 11) is 0. The molecule has 0 spiro atoms. The molecule has 1 aromatic rings. The van der Waals surface area contributed by atoms with Crippen LogP contribution in [0.4, 0.5) is 4.39 Å². The molecule has 1 saturated heterocycles. The van der Waals surface area contributed by atoms with Crippen LogP contribution in [0.3, 0.4) is 0 Å². The van der Waals surface area contributed by atoms with E-state index in [1.165, 1.54) is 18.9 Å². The van der Waals surface area contributed by atoms with Crippen LogP contribution in [-0.2, 0) is 11.2 Å². The Balaban J connectivity index is 1.60. The molecule has 2 atom stereocenters. The zero-order chi connectivity index (χ0) is 16.2. The first-order valence-corrected chi connectivity index (χ1v) is 8.92. The van der Waals surface area contributed by atoms with E-state index in [1.54, 1.807) is 6.07 Å². The quantitative estimate of drug-likeness (QED) is 0.894. The standard InChI is InChI=1S/C19H27FN2O/c1-13-5-7-15-16(3-2-4-17(15)20)19(13)22-18(23)8-6-14-9-11-21-12-10-14/h2-4,13-14,19,21H,5-12H2,1H3,(H,22,23). The average Bonchev–Trinajstić information content (AvgIpc) is 2.57. The molecule has 3 rings (SSSR count). The van der Waals surface area contributed by atoms with Crippen molar-refractivity contribution in [3.8, 4) is 0 Å². The molecule has 4 heteroatoms. The van der Waals surface area contributed by atoms with Gasteiger partial charge in [-0.25, -0.2) is 4.39 Å². The lowest BCUT2D eigenvalue weighted by Gasteiger charge is -2.32. The van der Waals surface area contributed by atoms with Gasteiger partial charge >= 0.3 is 0 Å². The summed E-state index contributed by atoms with van der Waals surface area (Å²) in [6, 6.07) is 5.19. The Morgan fingerprint density at radius 2 is 2.09 bits per heavy atom. The van der Waals surface area contributed by atoms with E-state index in [2.05, 4.69) is 17.6 Å². The lowest BCUT2D eigenvalue weighted by Crippen LogP contribution is -2.36. The highest BCUT2D eigenvalue weighted by Crippen LogP contribution is 2.35. The first-order chi connectivity index (χ1) is 11.1. The molecule has 0 bridgehead atoms. The van der Waals surface area contributed by atoms with Crippen molar-refractivity contribution in [2.45, 2.75) is 51.5 Å². The fourth-order valence-electron chi connectivity index (χ4n) is 3.95. The van der Waals surface area contributed by atoms with Crippen molar-refractivity contribution in [3.05, 3.63) is 35.1 Å². The normalized spacial score (nSPS) is 25.0. The summed E-state index contributed by atoms with van der Waals surface area (Å²) in [5, 5.41) is 6.52. The van der Waals surface area contributed by atoms with Gasteiger partial charge in [-0.3, -0.25) is 4.79 Å². The van der Waals surface area contributed by atoms with E-state index in [4.69, 9.17) is 0 Å².